The molecular formula is C21H32IN5O2S. The highest BCUT2D eigenvalue weighted by Crippen LogP contribution is 2.30. The van der Waals surface area contributed by atoms with Crippen molar-refractivity contribution in [1.82, 2.24) is 10.3 Å². The van der Waals surface area contributed by atoms with Gasteiger partial charge in [-0.3, -0.25) is 4.99 Å². The van der Waals surface area contributed by atoms with Crippen molar-refractivity contribution in [2.75, 3.05) is 50.1 Å². The third-order valence-electron chi connectivity index (χ3n) is 4.62. The lowest BCUT2D eigenvalue weighted by atomic mass is 10.2. The molecule has 0 radical (unpaired) electrons. The summed E-state index contributed by atoms with van der Waals surface area (Å²) in [4.78, 5) is 11.8. The Balaban J connectivity index is 0.00000320. The quantitative estimate of drug-likeness (QED) is 0.277. The van der Waals surface area contributed by atoms with Crippen molar-refractivity contribution in [3.05, 3.63) is 29.3 Å². The fourth-order valence-electron chi connectivity index (χ4n) is 3.21. The smallest absolute Gasteiger partial charge is 0.195 e. The lowest BCUT2D eigenvalue weighted by Gasteiger charge is -2.14. The monoisotopic (exact) mass is 545 g/mol. The number of aromatic nitrogens is 1. The van der Waals surface area contributed by atoms with Gasteiger partial charge in [0.2, 0.25) is 0 Å². The van der Waals surface area contributed by atoms with Crippen LogP contribution in [0.15, 0.2) is 28.6 Å². The van der Waals surface area contributed by atoms with Crippen LogP contribution in [0.1, 0.15) is 32.4 Å². The maximum absolute atomic E-state index is 5.58. The molecule has 1 aromatic carbocycles. The maximum Gasteiger partial charge on any atom is 0.195 e. The SMILES string of the molecule is CCNC(=NCCc1csc(N2CCCC2)n1)Nc1ccc(OCC)c(OC)c1.I. The normalized spacial score (nSPS) is 13.7. The number of methoxy groups -OCH3 is 1. The molecule has 166 valence electrons. The zero-order valence-corrected chi connectivity index (χ0v) is 21.1. The van der Waals surface area contributed by atoms with Gasteiger partial charge in [-0.05, 0) is 38.8 Å². The van der Waals surface area contributed by atoms with Crippen molar-refractivity contribution < 1.29 is 9.47 Å². The van der Waals surface area contributed by atoms with E-state index < -0.39 is 0 Å². The molecule has 1 aliphatic heterocycles. The molecule has 0 unspecified atom stereocenters. The van der Waals surface area contributed by atoms with E-state index in [9.17, 15) is 0 Å². The van der Waals surface area contributed by atoms with Gasteiger partial charge in [0.25, 0.3) is 0 Å². The van der Waals surface area contributed by atoms with Crippen molar-refractivity contribution in [3.63, 3.8) is 0 Å². The molecule has 0 amide bonds. The molecule has 0 spiro atoms. The highest BCUT2D eigenvalue weighted by Gasteiger charge is 2.15. The number of ether oxygens (including phenoxy) is 2. The van der Waals surface area contributed by atoms with E-state index in [0.29, 0.717) is 18.9 Å². The summed E-state index contributed by atoms with van der Waals surface area (Å²) in [5.41, 5.74) is 2.01. The second-order valence-electron chi connectivity index (χ2n) is 6.75. The number of thiazole rings is 1. The summed E-state index contributed by atoms with van der Waals surface area (Å²) in [6, 6.07) is 5.78. The molecule has 2 N–H and O–H groups in total. The number of guanidine groups is 1. The van der Waals surface area contributed by atoms with Crippen molar-refractivity contribution in [2.45, 2.75) is 33.1 Å². The zero-order valence-electron chi connectivity index (χ0n) is 17.9. The van der Waals surface area contributed by atoms with Gasteiger partial charge in [-0.15, -0.1) is 35.3 Å². The molecule has 1 fully saturated rings. The highest BCUT2D eigenvalue weighted by atomic mass is 127. The number of hydrogen-bond acceptors (Lipinski definition) is 6. The number of halogens is 1. The van der Waals surface area contributed by atoms with Crippen LogP contribution in [0.4, 0.5) is 10.8 Å². The molecular weight excluding hydrogens is 513 g/mol. The van der Waals surface area contributed by atoms with Gasteiger partial charge in [-0.2, -0.15) is 0 Å². The minimum atomic E-state index is 0. The number of nitrogens with zero attached hydrogens (tertiary/aromatic N) is 3. The number of hydrogen-bond donors (Lipinski definition) is 2. The molecule has 9 heteroatoms. The Morgan fingerprint density at radius 2 is 2.03 bits per heavy atom. The van der Waals surface area contributed by atoms with Gasteiger partial charge in [0.15, 0.2) is 22.6 Å². The number of rotatable bonds is 9. The maximum atomic E-state index is 5.58. The first-order valence-electron chi connectivity index (χ1n) is 10.3. The van der Waals surface area contributed by atoms with Gasteiger partial charge in [0.1, 0.15) is 0 Å². The zero-order chi connectivity index (χ0) is 20.5. The van der Waals surface area contributed by atoms with E-state index in [-0.39, 0.29) is 24.0 Å². The van der Waals surface area contributed by atoms with Gasteiger partial charge in [0, 0.05) is 49.7 Å². The molecule has 1 aromatic heterocycles. The summed E-state index contributed by atoms with van der Waals surface area (Å²) in [6.07, 6.45) is 3.37. The predicted molar refractivity (Wildman–Crippen MR) is 136 cm³/mol. The minimum absolute atomic E-state index is 0. The minimum Gasteiger partial charge on any atom is -0.493 e. The van der Waals surface area contributed by atoms with Crippen LogP contribution in [-0.2, 0) is 6.42 Å². The first kappa shape index (κ1) is 24.5. The Bertz CT molecular complexity index is 808. The first-order valence-corrected chi connectivity index (χ1v) is 11.2. The van der Waals surface area contributed by atoms with Crippen molar-refractivity contribution in [1.29, 1.82) is 0 Å². The molecule has 3 rings (SSSR count). The summed E-state index contributed by atoms with van der Waals surface area (Å²) in [5, 5.41) is 9.92. The number of benzene rings is 1. The molecule has 7 nitrogen and oxygen atoms in total. The summed E-state index contributed by atoms with van der Waals surface area (Å²) in [7, 11) is 1.64. The van der Waals surface area contributed by atoms with Crippen LogP contribution < -0.4 is 25.0 Å². The van der Waals surface area contributed by atoms with Crippen LogP contribution in [0.25, 0.3) is 0 Å². The number of aliphatic imine (C=N–C) groups is 1. The van der Waals surface area contributed by atoms with Gasteiger partial charge in [0.05, 0.1) is 19.4 Å². The Morgan fingerprint density at radius 1 is 1.23 bits per heavy atom. The van der Waals surface area contributed by atoms with Crippen molar-refractivity contribution in [3.8, 4) is 11.5 Å². The standard InChI is InChI=1S/C21H31N5O2S.HI/c1-4-22-20(24-16-8-9-18(28-5-2)19(14-16)27-3)23-11-10-17-15-29-21(25-17)26-12-6-7-13-26;/h8-9,14-15H,4-7,10-13H2,1-3H3,(H2,22,23,24);1H. The fourth-order valence-corrected chi connectivity index (χ4v) is 4.12. The Kier molecular flexibility index (Phi) is 10.5. The van der Waals surface area contributed by atoms with Crippen LogP contribution in [0.2, 0.25) is 0 Å². The topological polar surface area (TPSA) is 71.0 Å². The molecule has 0 bridgehead atoms. The molecule has 1 aliphatic rings. The summed E-state index contributed by atoms with van der Waals surface area (Å²) < 4.78 is 11.0. The van der Waals surface area contributed by atoms with Gasteiger partial charge in [-0.1, -0.05) is 0 Å². The van der Waals surface area contributed by atoms with Gasteiger partial charge < -0.3 is 25.0 Å². The van der Waals surface area contributed by atoms with E-state index in [1.54, 1.807) is 18.4 Å². The molecule has 0 aliphatic carbocycles. The van der Waals surface area contributed by atoms with E-state index in [4.69, 9.17) is 19.5 Å². The van der Waals surface area contributed by atoms with Gasteiger partial charge >= 0.3 is 0 Å². The highest BCUT2D eigenvalue weighted by molar-refractivity contribution is 14.0. The Morgan fingerprint density at radius 3 is 2.73 bits per heavy atom. The van der Waals surface area contributed by atoms with Crippen LogP contribution in [-0.4, -0.2) is 50.8 Å². The largest absolute Gasteiger partial charge is 0.493 e. The van der Waals surface area contributed by atoms with Crippen molar-refractivity contribution >= 4 is 52.1 Å². The molecule has 2 heterocycles. The van der Waals surface area contributed by atoms with E-state index in [1.807, 2.05) is 25.1 Å². The second-order valence-corrected chi connectivity index (χ2v) is 7.59. The molecule has 0 atom stereocenters. The lowest BCUT2D eigenvalue weighted by Crippen LogP contribution is -2.30. The second kappa shape index (κ2) is 12.8. The fraction of sp³-hybridized carbons (Fsp3) is 0.524. The molecule has 1 saturated heterocycles. The number of anilines is 2. The molecule has 0 saturated carbocycles. The third kappa shape index (κ3) is 6.90. The van der Waals surface area contributed by atoms with E-state index in [0.717, 1.165) is 54.3 Å². The van der Waals surface area contributed by atoms with E-state index in [2.05, 4.69) is 27.8 Å². The lowest BCUT2D eigenvalue weighted by molar-refractivity contribution is 0.311. The summed E-state index contributed by atoms with van der Waals surface area (Å²) >= 11 is 1.74. The van der Waals surface area contributed by atoms with Crippen LogP contribution in [0.5, 0.6) is 11.5 Å². The first-order chi connectivity index (χ1) is 14.2. The summed E-state index contributed by atoms with van der Waals surface area (Å²) in [6.45, 7) is 8.33. The summed E-state index contributed by atoms with van der Waals surface area (Å²) in [5.74, 6) is 2.18. The Labute approximate surface area is 200 Å². The average molecular weight is 545 g/mol. The van der Waals surface area contributed by atoms with Crippen LogP contribution >= 0.6 is 35.3 Å². The van der Waals surface area contributed by atoms with Crippen LogP contribution in [0.3, 0.4) is 0 Å². The number of nitrogens with one attached hydrogen (secondary N) is 2. The third-order valence-corrected chi connectivity index (χ3v) is 5.57. The molecule has 2 aromatic rings. The van der Waals surface area contributed by atoms with E-state index in [1.165, 1.54) is 12.8 Å². The van der Waals surface area contributed by atoms with E-state index >= 15 is 0 Å². The van der Waals surface area contributed by atoms with Crippen LogP contribution in [0, 0.1) is 0 Å². The van der Waals surface area contributed by atoms with Gasteiger partial charge in [-0.25, -0.2) is 4.98 Å². The Hall–Kier alpha value is -1.75. The average Bonchev–Trinajstić information content (AvgIpc) is 3.41. The van der Waals surface area contributed by atoms with Crippen molar-refractivity contribution in [2.24, 2.45) is 4.99 Å². The predicted octanol–water partition coefficient (Wildman–Crippen LogP) is 4.39. The molecule has 30 heavy (non-hydrogen) atoms.